The van der Waals surface area contributed by atoms with E-state index >= 15 is 0 Å². The lowest BCUT2D eigenvalue weighted by Crippen LogP contribution is -2.23. The molecule has 0 spiro atoms. The zero-order chi connectivity index (χ0) is 18.8. The molecule has 0 saturated carbocycles. The lowest BCUT2D eigenvalue weighted by molar-refractivity contribution is -0.121. The number of hydrogen-bond acceptors (Lipinski definition) is 4. The lowest BCUT2D eigenvalue weighted by Gasteiger charge is -2.13. The van der Waals surface area contributed by atoms with Gasteiger partial charge in [0.15, 0.2) is 0 Å². The van der Waals surface area contributed by atoms with E-state index in [0.717, 1.165) is 28.1 Å². The molecule has 0 fully saturated rings. The zero-order valence-corrected chi connectivity index (χ0v) is 15.6. The number of ether oxygens (including phenoxy) is 2. The topological polar surface area (TPSA) is 73.6 Å². The van der Waals surface area contributed by atoms with Crippen molar-refractivity contribution in [2.45, 2.75) is 33.2 Å². The molecule has 2 aromatic carbocycles. The quantitative estimate of drug-likeness (QED) is 0.506. The minimum absolute atomic E-state index is 0.00547. The van der Waals surface area contributed by atoms with Crippen LogP contribution in [0.25, 0.3) is 0 Å². The third-order valence-electron chi connectivity index (χ3n) is 4.06. The number of amides is 1. The summed E-state index contributed by atoms with van der Waals surface area (Å²) in [6, 6.07) is 13.6. The van der Waals surface area contributed by atoms with E-state index in [9.17, 15) is 4.79 Å². The molecule has 2 aromatic rings. The van der Waals surface area contributed by atoms with Gasteiger partial charge in [-0.15, -0.1) is 0 Å². The van der Waals surface area contributed by atoms with Crippen LogP contribution in [0.2, 0.25) is 0 Å². The predicted octanol–water partition coefficient (Wildman–Crippen LogP) is 3.24. The van der Waals surface area contributed by atoms with Gasteiger partial charge in [-0.05, 0) is 43.5 Å². The van der Waals surface area contributed by atoms with Crippen molar-refractivity contribution < 1.29 is 14.3 Å². The molecule has 2 rings (SSSR count). The number of carbonyl (C=O) groups excluding carboxylic acids is 1. The van der Waals surface area contributed by atoms with Gasteiger partial charge >= 0.3 is 0 Å². The van der Waals surface area contributed by atoms with E-state index < -0.39 is 0 Å². The highest BCUT2D eigenvalue weighted by molar-refractivity contribution is 5.76. The molecule has 0 saturated heterocycles. The molecule has 140 valence electrons. The standard InChI is InChI=1S/C21H28N2O3/c1-3-25-12-13-26-20-14-16(2)8-9-18(20)15-23-21(24)11-10-17-6-4-5-7-19(17)22/h4-9,14H,3,10-13,15,22H2,1-2H3,(H,23,24). The first kappa shape index (κ1) is 19.8. The Hall–Kier alpha value is -2.53. The molecule has 0 heterocycles. The molecule has 0 aliphatic carbocycles. The van der Waals surface area contributed by atoms with Crippen LogP contribution in [0.5, 0.6) is 5.75 Å². The Morgan fingerprint density at radius 2 is 1.92 bits per heavy atom. The van der Waals surface area contributed by atoms with Crippen molar-refractivity contribution in [3.8, 4) is 5.75 Å². The molecule has 3 N–H and O–H groups in total. The third kappa shape index (κ3) is 6.41. The normalized spacial score (nSPS) is 10.5. The molecule has 0 unspecified atom stereocenters. The Bertz CT molecular complexity index is 716. The van der Waals surface area contributed by atoms with Crippen LogP contribution in [-0.4, -0.2) is 25.7 Å². The van der Waals surface area contributed by atoms with E-state index in [2.05, 4.69) is 5.32 Å². The van der Waals surface area contributed by atoms with Crippen LogP contribution in [0.4, 0.5) is 5.69 Å². The van der Waals surface area contributed by atoms with Crippen LogP contribution < -0.4 is 15.8 Å². The van der Waals surface area contributed by atoms with Crippen LogP contribution in [0, 0.1) is 6.92 Å². The van der Waals surface area contributed by atoms with Crippen molar-refractivity contribution in [3.05, 3.63) is 59.2 Å². The van der Waals surface area contributed by atoms with Crippen molar-refractivity contribution in [2.75, 3.05) is 25.6 Å². The highest BCUT2D eigenvalue weighted by atomic mass is 16.5. The summed E-state index contributed by atoms with van der Waals surface area (Å²) in [6.07, 6.45) is 1.03. The second-order valence-electron chi connectivity index (χ2n) is 6.13. The van der Waals surface area contributed by atoms with E-state index in [-0.39, 0.29) is 5.91 Å². The highest BCUT2D eigenvalue weighted by Crippen LogP contribution is 2.20. The van der Waals surface area contributed by atoms with Gasteiger partial charge in [-0.1, -0.05) is 30.3 Å². The van der Waals surface area contributed by atoms with Crippen molar-refractivity contribution >= 4 is 11.6 Å². The molecular weight excluding hydrogens is 328 g/mol. The average molecular weight is 356 g/mol. The first-order valence-electron chi connectivity index (χ1n) is 9.00. The molecule has 26 heavy (non-hydrogen) atoms. The molecule has 5 heteroatoms. The maximum atomic E-state index is 12.2. The number of hydrogen-bond donors (Lipinski definition) is 2. The monoisotopic (exact) mass is 356 g/mol. The third-order valence-corrected chi connectivity index (χ3v) is 4.06. The second-order valence-corrected chi connectivity index (χ2v) is 6.13. The first-order chi connectivity index (χ1) is 12.6. The van der Waals surface area contributed by atoms with Crippen LogP contribution in [0.3, 0.4) is 0 Å². The van der Waals surface area contributed by atoms with Crippen molar-refractivity contribution in [1.82, 2.24) is 5.32 Å². The Morgan fingerprint density at radius 3 is 2.69 bits per heavy atom. The lowest BCUT2D eigenvalue weighted by atomic mass is 10.1. The number of aryl methyl sites for hydroxylation is 2. The van der Waals surface area contributed by atoms with Gasteiger partial charge in [0, 0.05) is 30.8 Å². The average Bonchev–Trinajstić information content (AvgIpc) is 2.64. The predicted molar refractivity (Wildman–Crippen MR) is 104 cm³/mol. The van der Waals surface area contributed by atoms with E-state index in [1.807, 2.05) is 56.3 Å². The minimum Gasteiger partial charge on any atom is -0.491 e. The van der Waals surface area contributed by atoms with Gasteiger partial charge in [0.05, 0.1) is 6.61 Å². The summed E-state index contributed by atoms with van der Waals surface area (Å²) in [6.45, 7) is 6.12. The largest absolute Gasteiger partial charge is 0.491 e. The van der Waals surface area contributed by atoms with Crippen LogP contribution >= 0.6 is 0 Å². The first-order valence-corrected chi connectivity index (χ1v) is 9.00. The maximum Gasteiger partial charge on any atom is 0.220 e. The summed E-state index contributed by atoms with van der Waals surface area (Å²) >= 11 is 0. The molecule has 0 aliphatic rings. The summed E-state index contributed by atoms with van der Waals surface area (Å²) < 4.78 is 11.1. The fourth-order valence-corrected chi connectivity index (χ4v) is 2.59. The van der Waals surface area contributed by atoms with Gasteiger partial charge in [-0.25, -0.2) is 0 Å². The minimum atomic E-state index is -0.00547. The summed E-state index contributed by atoms with van der Waals surface area (Å²) in [5.74, 6) is 0.784. The fourth-order valence-electron chi connectivity index (χ4n) is 2.59. The Balaban J connectivity index is 1.85. The summed E-state index contributed by atoms with van der Waals surface area (Å²) in [7, 11) is 0. The molecule has 0 aliphatic heterocycles. The molecular formula is C21H28N2O3. The van der Waals surface area contributed by atoms with Gasteiger partial charge in [-0.3, -0.25) is 4.79 Å². The highest BCUT2D eigenvalue weighted by Gasteiger charge is 2.08. The number of benzene rings is 2. The smallest absolute Gasteiger partial charge is 0.220 e. The number of nitrogens with one attached hydrogen (secondary N) is 1. The van der Waals surface area contributed by atoms with Crippen molar-refractivity contribution in [2.24, 2.45) is 0 Å². The number of nitrogens with two attached hydrogens (primary N) is 1. The Morgan fingerprint density at radius 1 is 1.12 bits per heavy atom. The maximum absolute atomic E-state index is 12.2. The molecule has 1 amide bonds. The molecule has 0 atom stereocenters. The van der Waals surface area contributed by atoms with E-state index in [4.69, 9.17) is 15.2 Å². The number of para-hydroxylation sites is 1. The molecule has 0 bridgehead atoms. The Kier molecular flexibility index (Phi) is 7.96. The number of rotatable bonds is 10. The van der Waals surface area contributed by atoms with Gasteiger partial charge < -0.3 is 20.5 Å². The van der Waals surface area contributed by atoms with Crippen LogP contribution in [0.1, 0.15) is 30.0 Å². The number of anilines is 1. The summed E-state index contributed by atoms with van der Waals surface area (Å²) in [5, 5.41) is 2.96. The summed E-state index contributed by atoms with van der Waals surface area (Å²) in [5.41, 5.74) is 9.71. The SMILES string of the molecule is CCOCCOc1cc(C)ccc1CNC(=O)CCc1ccccc1N. The fraction of sp³-hybridized carbons (Fsp3) is 0.381. The van der Waals surface area contributed by atoms with E-state index in [1.54, 1.807) is 0 Å². The van der Waals surface area contributed by atoms with Gasteiger partial charge in [-0.2, -0.15) is 0 Å². The zero-order valence-electron chi connectivity index (χ0n) is 15.6. The van der Waals surface area contributed by atoms with Gasteiger partial charge in [0.1, 0.15) is 12.4 Å². The van der Waals surface area contributed by atoms with Crippen molar-refractivity contribution in [3.63, 3.8) is 0 Å². The molecule has 0 aromatic heterocycles. The van der Waals surface area contributed by atoms with Crippen molar-refractivity contribution in [1.29, 1.82) is 0 Å². The van der Waals surface area contributed by atoms with E-state index in [0.29, 0.717) is 39.2 Å². The second kappa shape index (κ2) is 10.5. The molecule has 5 nitrogen and oxygen atoms in total. The molecule has 0 radical (unpaired) electrons. The summed E-state index contributed by atoms with van der Waals surface area (Å²) in [4.78, 5) is 12.2. The number of carbonyl (C=O) groups is 1. The van der Waals surface area contributed by atoms with Crippen LogP contribution in [0.15, 0.2) is 42.5 Å². The van der Waals surface area contributed by atoms with Gasteiger partial charge in [0.25, 0.3) is 0 Å². The van der Waals surface area contributed by atoms with Gasteiger partial charge in [0.2, 0.25) is 5.91 Å². The van der Waals surface area contributed by atoms with E-state index in [1.165, 1.54) is 0 Å². The van der Waals surface area contributed by atoms with Crippen LogP contribution in [-0.2, 0) is 22.5 Å². The number of nitrogen functional groups attached to an aromatic ring is 1. The Labute approximate surface area is 155 Å².